The summed E-state index contributed by atoms with van der Waals surface area (Å²) in [5.41, 5.74) is 9.10. The third kappa shape index (κ3) is 2.94. The van der Waals surface area contributed by atoms with E-state index in [1.165, 1.54) is 0 Å². The molecule has 1 atom stereocenters. The summed E-state index contributed by atoms with van der Waals surface area (Å²) in [7, 11) is 1.86. The van der Waals surface area contributed by atoms with E-state index in [9.17, 15) is 0 Å². The van der Waals surface area contributed by atoms with Crippen LogP contribution in [0.15, 0.2) is 18.2 Å². The van der Waals surface area contributed by atoms with Crippen molar-refractivity contribution >= 4 is 29.0 Å². The molecule has 20 heavy (non-hydrogen) atoms. The zero-order chi connectivity index (χ0) is 14.9. The van der Waals surface area contributed by atoms with Gasteiger partial charge < -0.3 is 5.73 Å². The normalized spacial score (nSPS) is 12.7. The number of nitrogens with two attached hydrogens (primary N) is 1. The number of hydrogen-bond donors (Lipinski definition) is 1. The molecule has 0 amide bonds. The highest BCUT2D eigenvalue weighted by Crippen LogP contribution is 2.34. The van der Waals surface area contributed by atoms with Gasteiger partial charge in [-0.3, -0.25) is 4.68 Å². The maximum absolute atomic E-state index is 6.17. The Morgan fingerprint density at radius 3 is 2.60 bits per heavy atom. The smallest absolute Gasteiger partial charge is 0.129 e. The van der Waals surface area contributed by atoms with E-state index in [4.69, 9.17) is 28.9 Å². The Bertz CT molecular complexity index is 620. The average molecular weight is 312 g/mol. The van der Waals surface area contributed by atoms with Crippen LogP contribution in [0.25, 0.3) is 11.1 Å². The lowest BCUT2D eigenvalue weighted by Gasteiger charge is -2.09. The Morgan fingerprint density at radius 2 is 2.00 bits per heavy atom. The first-order valence-corrected chi connectivity index (χ1v) is 7.46. The lowest BCUT2D eigenvalue weighted by Crippen LogP contribution is -2.00. The van der Waals surface area contributed by atoms with Crippen molar-refractivity contribution in [2.45, 2.75) is 26.7 Å². The fourth-order valence-electron chi connectivity index (χ4n) is 2.18. The van der Waals surface area contributed by atoms with E-state index in [0.29, 0.717) is 21.8 Å². The molecule has 0 bridgehead atoms. The van der Waals surface area contributed by atoms with Gasteiger partial charge in [0.15, 0.2) is 0 Å². The van der Waals surface area contributed by atoms with Gasteiger partial charge in [0.1, 0.15) is 5.82 Å². The SMILES string of the molecule is CCC(C)Cc1nn(C)c(N)c1-c1ccc(Cl)c(Cl)c1. The standard InChI is InChI=1S/C15H19Cl2N3/c1-4-9(2)7-13-14(15(18)20(3)19-13)10-5-6-11(16)12(17)8-10/h5-6,8-9H,4,7,18H2,1-3H3. The first kappa shape index (κ1) is 15.2. The van der Waals surface area contributed by atoms with Gasteiger partial charge >= 0.3 is 0 Å². The van der Waals surface area contributed by atoms with Crippen molar-refractivity contribution < 1.29 is 0 Å². The zero-order valence-corrected chi connectivity index (χ0v) is 13.5. The molecule has 1 aromatic carbocycles. The molecule has 0 aliphatic carbocycles. The predicted octanol–water partition coefficient (Wildman–Crippen LogP) is 4.56. The van der Waals surface area contributed by atoms with Gasteiger partial charge in [-0.15, -0.1) is 0 Å². The van der Waals surface area contributed by atoms with Crippen LogP contribution in [0.4, 0.5) is 5.82 Å². The van der Waals surface area contributed by atoms with Crippen LogP contribution in [0, 0.1) is 5.92 Å². The van der Waals surface area contributed by atoms with Crippen molar-refractivity contribution in [3.8, 4) is 11.1 Å². The van der Waals surface area contributed by atoms with Crippen LogP contribution in [0.5, 0.6) is 0 Å². The summed E-state index contributed by atoms with van der Waals surface area (Å²) in [5.74, 6) is 1.22. The molecule has 3 nitrogen and oxygen atoms in total. The monoisotopic (exact) mass is 311 g/mol. The van der Waals surface area contributed by atoms with Gasteiger partial charge in [0, 0.05) is 12.6 Å². The number of anilines is 1. The first-order chi connectivity index (χ1) is 9.43. The second-order valence-corrected chi connectivity index (χ2v) is 5.99. The van der Waals surface area contributed by atoms with E-state index in [2.05, 4.69) is 18.9 Å². The molecule has 108 valence electrons. The van der Waals surface area contributed by atoms with Crippen molar-refractivity contribution in [1.82, 2.24) is 9.78 Å². The molecular weight excluding hydrogens is 293 g/mol. The highest BCUT2D eigenvalue weighted by Gasteiger charge is 2.18. The van der Waals surface area contributed by atoms with Gasteiger partial charge in [0.25, 0.3) is 0 Å². The molecular formula is C15H19Cl2N3. The fourth-order valence-corrected chi connectivity index (χ4v) is 2.48. The molecule has 0 saturated heterocycles. The minimum Gasteiger partial charge on any atom is -0.383 e. The average Bonchev–Trinajstić information content (AvgIpc) is 2.68. The maximum Gasteiger partial charge on any atom is 0.129 e. The van der Waals surface area contributed by atoms with Gasteiger partial charge in [0.05, 0.1) is 15.7 Å². The third-order valence-electron chi connectivity index (χ3n) is 3.61. The van der Waals surface area contributed by atoms with Crippen LogP contribution in [0.1, 0.15) is 26.0 Å². The molecule has 0 radical (unpaired) electrons. The molecule has 1 aromatic heterocycles. The molecule has 5 heteroatoms. The van der Waals surface area contributed by atoms with Crippen molar-refractivity contribution in [3.63, 3.8) is 0 Å². The number of benzene rings is 1. The van der Waals surface area contributed by atoms with E-state index < -0.39 is 0 Å². The van der Waals surface area contributed by atoms with Crippen LogP contribution in [0.2, 0.25) is 10.0 Å². The Kier molecular flexibility index (Phi) is 4.61. The van der Waals surface area contributed by atoms with Gasteiger partial charge in [-0.25, -0.2) is 0 Å². The van der Waals surface area contributed by atoms with Gasteiger partial charge in [0.2, 0.25) is 0 Å². The number of nitrogens with zero attached hydrogens (tertiary/aromatic N) is 2. The molecule has 0 aliphatic heterocycles. The summed E-state index contributed by atoms with van der Waals surface area (Å²) in [4.78, 5) is 0. The Morgan fingerprint density at radius 1 is 1.30 bits per heavy atom. The van der Waals surface area contributed by atoms with Crippen LogP contribution >= 0.6 is 23.2 Å². The van der Waals surface area contributed by atoms with Crippen LogP contribution in [-0.4, -0.2) is 9.78 Å². The summed E-state index contributed by atoms with van der Waals surface area (Å²) in [5, 5.41) is 5.61. The Balaban J connectivity index is 2.51. The van der Waals surface area contributed by atoms with E-state index in [0.717, 1.165) is 29.7 Å². The van der Waals surface area contributed by atoms with Crippen molar-refractivity contribution in [3.05, 3.63) is 33.9 Å². The Labute approximate surface area is 129 Å². The van der Waals surface area contributed by atoms with Crippen LogP contribution in [-0.2, 0) is 13.5 Å². The molecule has 0 spiro atoms. The summed E-state index contributed by atoms with van der Waals surface area (Å²) >= 11 is 12.1. The van der Waals surface area contributed by atoms with Crippen molar-refractivity contribution in [1.29, 1.82) is 0 Å². The summed E-state index contributed by atoms with van der Waals surface area (Å²) in [6.07, 6.45) is 2.01. The molecule has 0 saturated carbocycles. The number of nitrogen functional groups attached to an aromatic ring is 1. The predicted molar refractivity (Wildman–Crippen MR) is 86.2 cm³/mol. The number of halogens is 2. The van der Waals surface area contributed by atoms with Gasteiger partial charge in [-0.2, -0.15) is 5.10 Å². The number of rotatable bonds is 4. The van der Waals surface area contributed by atoms with E-state index in [1.807, 2.05) is 19.2 Å². The first-order valence-electron chi connectivity index (χ1n) is 6.70. The zero-order valence-electron chi connectivity index (χ0n) is 12.0. The third-order valence-corrected chi connectivity index (χ3v) is 4.35. The quantitative estimate of drug-likeness (QED) is 0.899. The van der Waals surface area contributed by atoms with Gasteiger partial charge in [-0.1, -0.05) is 49.5 Å². The molecule has 0 fully saturated rings. The van der Waals surface area contributed by atoms with Crippen molar-refractivity contribution in [2.75, 3.05) is 5.73 Å². The second-order valence-electron chi connectivity index (χ2n) is 5.18. The molecule has 2 aromatic rings. The highest BCUT2D eigenvalue weighted by molar-refractivity contribution is 6.42. The van der Waals surface area contributed by atoms with Crippen molar-refractivity contribution in [2.24, 2.45) is 13.0 Å². The lowest BCUT2D eigenvalue weighted by molar-refractivity contribution is 0.547. The van der Waals surface area contributed by atoms with Crippen LogP contribution in [0.3, 0.4) is 0 Å². The number of aromatic nitrogens is 2. The molecule has 1 unspecified atom stereocenters. The topological polar surface area (TPSA) is 43.8 Å². The number of hydrogen-bond acceptors (Lipinski definition) is 2. The molecule has 0 aliphatic rings. The minimum absolute atomic E-state index is 0.530. The minimum atomic E-state index is 0.530. The lowest BCUT2D eigenvalue weighted by atomic mass is 9.97. The second kappa shape index (κ2) is 6.06. The largest absolute Gasteiger partial charge is 0.383 e. The maximum atomic E-state index is 6.17. The summed E-state index contributed by atoms with van der Waals surface area (Å²) < 4.78 is 1.72. The van der Waals surface area contributed by atoms with E-state index in [-0.39, 0.29) is 0 Å². The molecule has 2 rings (SSSR count). The summed E-state index contributed by atoms with van der Waals surface area (Å²) in [6.45, 7) is 4.39. The van der Waals surface area contributed by atoms with E-state index in [1.54, 1.807) is 10.7 Å². The Hall–Kier alpha value is -1.19. The van der Waals surface area contributed by atoms with Crippen LogP contribution < -0.4 is 5.73 Å². The number of aryl methyl sites for hydroxylation is 1. The molecule has 1 heterocycles. The highest BCUT2D eigenvalue weighted by atomic mass is 35.5. The summed E-state index contributed by atoms with van der Waals surface area (Å²) in [6, 6.07) is 5.57. The van der Waals surface area contributed by atoms with E-state index >= 15 is 0 Å². The molecule has 2 N–H and O–H groups in total. The fraction of sp³-hybridized carbons (Fsp3) is 0.400. The van der Waals surface area contributed by atoms with Gasteiger partial charge in [-0.05, 0) is 30.0 Å².